The van der Waals surface area contributed by atoms with Crippen LogP contribution in [0, 0.1) is 0 Å². The van der Waals surface area contributed by atoms with E-state index < -0.39 is 12.2 Å². The summed E-state index contributed by atoms with van der Waals surface area (Å²) in [7, 11) is 1.39. The van der Waals surface area contributed by atoms with E-state index in [-0.39, 0.29) is 18.2 Å². The van der Waals surface area contributed by atoms with Gasteiger partial charge >= 0.3 is 5.97 Å². The van der Waals surface area contributed by atoms with Crippen molar-refractivity contribution in [1.29, 1.82) is 0 Å². The molecule has 26 heavy (non-hydrogen) atoms. The molecule has 2 unspecified atom stereocenters. The summed E-state index contributed by atoms with van der Waals surface area (Å²) < 4.78 is 10.4. The Morgan fingerprint density at radius 2 is 1.92 bits per heavy atom. The standard InChI is InChI=1S/C21H36O5/c1-3-4-5-6-7-11-14-19-18(23)16-20(26-19)17(22)13-10-8-9-12-15-21(24)25-2/h7-8,10-11,17-20,22-23H,3-6,9,12-16H2,1-2H3/t17?,18-,19?,20-/m1/s1. The van der Waals surface area contributed by atoms with Gasteiger partial charge in [0.25, 0.3) is 0 Å². The quantitative estimate of drug-likeness (QED) is 0.295. The topological polar surface area (TPSA) is 76.0 Å². The zero-order valence-corrected chi connectivity index (χ0v) is 16.3. The summed E-state index contributed by atoms with van der Waals surface area (Å²) >= 11 is 0. The third kappa shape index (κ3) is 9.51. The van der Waals surface area contributed by atoms with Crippen LogP contribution in [0.15, 0.2) is 24.3 Å². The lowest BCUT2D eigenvalue weighted by Crippen LogP contribution is -2.25. The third-order valence-corrected chi connectivity index (χ3v) is 4.71. The zero-order chi connectivity index (χ0) is 19.2. The van der Waals surface area contributed by atoms with Gasteiger partial charge in [0.2, 0.25) is 0 Å². The van der Waals surface area contributed by atoms with Gasteiger partial charge in [-0.3, -0.25) is 4.79 Å². The second-order valence-electron chi connectivity index (χ2n) is 6.96. The van der Waals surface area contributed by atoms with Crippen LogP contribution >= 0.6 is 0 Å². The molecule has 1 heterocycles. The lowest BCUT2D eigenvalue weighted by molar-refractivity contribution is -0.140. The molecule has 1 aliphatic rings. The lowest BCUT2D eigenvalue weighted by Gasteiger charge is -2.17. The Labute approximate surface area is 158 Å². The molecular weight excluding hydrogens is 332 g/mol. The molecule has 150 valence electrons. The van der Waals surface area contributed by atoms with Crippen molar-refractivity contribution in [2.45, 2.75) is 95.5 Å². The maximum atomic E-state index is 11.0. The number of esters is 1. The molecule has 0 saturated carbocycles. The highest BCUT2D eigenvalue weighted by Gasteiger charge is 2.36. The summed E-state index contributed by atoms with van der Waals surface area (Å²) in [6.07, 6.45) is 14.8. The van der Waals surface area contributed by atoms with Crippen LogP contribution in [0.2, 0.25) is 0 Å². The van der Waals surface area contributed by atoms with Crippen molar-refractivity contribution in [1.82, 2.24) is 0 Å². The Morgan fingerprint density at radius 3 is 2.65 bits per heavy atom. The van der Waals surface area contributed by atoms with E-state index in [4.69, 9.17) is 4.74 Å². The van der Waals surface area contributed by atoms with Gasteiger partial charge in [-0.1, -0.05) is 44.1 Å². The van der Waals surface area contributed by atoms with Crippen LogP contribution in [0.3, 0.4) is 0 Å². The Kier molecular flexibility index (Phi) is 12.3. The molecule has 0 aliphatic carbocycles. The molecule has 0 aromatic heterocycles. The number of unbranched alkanes of at least 4 members (excludes halogenated alkanes) is 4. The van der Waals surface area contributed by atoms with E-state index in [0.29, 0.717) is 25.7 Å². The molecule has 0 amide bonds. The fourth-order valence-corrected chi connectivity index (χ4v) is 3.05. The van der Waals surface area contributed by atoms with Crippen molar-refractivity contribution in [3.05, 3.63) is 24.3 Å². The van der Waals surface area contributed by atoms with E-state index in [1.54, 1.807) is 0 Å². The minimum Gasteiger partial charge on any atom is -0.469 e. The maximum Gasteiger partial charge on any atom is 0.305 e. The first kappa shape index (κ1) is 22.9. The number of aliphatic hydroxyl groups excluding tert-OH is 2. The fourth-order valence-electron chi connectivity index (χ4n) is 3.05. The Morgan fingerprint density at radius 1 is 1.19 bits per heavy atom. The number of carbonyl (C=O) groups is 1. The molecule has 2 N–H and O–H groups in total. The van der Waals surface area contributed by atoms with Crippen LogP contribution in [0.1, 0.15) is 71.1 Å². The monoisotopic (exact) mass is 368 g/mol. The van der Waals surface area contributed by atoms with E-state index in [2.05, 4.69) is 23.8 Å². The summed E-state index contributed by atoms with van der Waals surface area (Å²) in [5.41, 5.74) is 0. The number of rotatable bonds is 13. The molecule has 0 spiro atoms. The van der Waals surface area contributed by atoms with Crippen molar-refractivity contribution < 1.29 is 24.5 Å². The fraction of sp³-hybridized carbons (Fsp3) is 0.762. The Hall–Kier alpha value is -1.17. The van der Waals surface area contributed by atoms with Gasteiger partial charge in [-0.2, -0.15) is 0 Å². The summed E-state index contributed by atoms with van der Waals surface area (Å²) in [5.74, 6) is -0.197. The largest absolute Gasteiger partial charge is 0.469 e. The van der Waals surface area contributed by atoms with E-state index in [1.807, 2.05) is 12.2 Å². The molecule has 1 aliphatic heterocycles. The lowest BCUT2D eigenvalue weighted by atomic mass is 10.0. The van der Waals surface area contributed by atoms with Gasteiger partial charge in [0.15, 0.2) is 0 Å². The van der Waals surface area contributed by atoms with Crippen LogP contribution in [0.4, 0.5) is 0 Å². The van der Waals surface area contributed by atoms with Gasteiger partial charge < -0.3 is 19.7 Å². The van der Waals surface area contributed by atoms with E-state index in [9.17, 15) is 15.0 Å². The molecule has 5 heteroatoms. The van der Waals surface area contributed by atoms with Gasteiger partial charge in [-0.05, 0) is 38.5 Å². The number of hydrogen-bond donors (Lipinski definition) is 2. The third-order valence-electron chi connectivity index (χ3n) is 4.71. The first-order valence-electron chi connectivity index (χ1n) is 9.96. The summed E-state index contributed by atoms with van der Waals surface area (Å²) in [5, 5.41) is 20.4. The molecule has 4 atom stereocenters. The molecule has 0 radical (unpaired) electrons. The zero-order valence-electron chi connectivity index (χ0n) is 16.3. The molecule has 5 nitrogen and oxygen atoms in total. The number of hydrogen-bond acceptors (Lipinski definition) is 5. The molecule has 0 aromatic carbocycles. The number of methoxy groups -OCH3 is 1. The van der Waals surface area contributed by atoms with Gasteiger partial charge in [0.1, 0.15) is 0 Å². The van der Waals surface area contributed by atoms with Crippen LogP contribution < -0.4 is 0 Å². The highest BCUT2D eigenvalue weighted by atomic mass is 16.5. The smallest absolute Gasteiger partial charge is 0.305 e. The van der Waals surface area contributed by atoms with Gasteiger partial charge in [0.05, 0.1) is 31.5 Å². The normalized spacial score (nSPS) is 24.5. The van der Waals surface area contributed by atoms with E-state index in [0.717, 1.165) is 19.3 Å². The first-order valence-corrected chi connectivity index (χ1v) is 9.96. The van der Waals surface area contributed by atoms with Crippen molar-refractivity contribution in [3.63, 3.8) is 0 Å². The summed E-state index contributed by atoms with van der Waals surface area (Å²) in [4.78, 5) is 11.0. The minimum atomic E-state index is -0.611. The Bertz CT molecular complexity index is 432. The number of aliphatic hydroxyl groups is 2. The molecular formula is C21H36O5. The SMILES string of the molecule is CCCCCC=CCC1O[C@@H](C(O)CC=CCCCC(=O)OC)C[C@H]1O. The highest BCUT2D eigenvalue weighted by molar-refractivity contribution is 5.69. The summed E-state index contributed by atoms with van der Waals surface area (Å²) in [6.45, 7) is 2.19. The van der Waals surface area contributed by atoms with Crippen LogP contribution in [0.25, 0.3) is 0 Å². The van der Waals surface area contributed by atoms with Crippen LogP contribution in [0.5, 0.6) is 0 Å². The molecule has 1 rings (SSSR count). The van der Waals surface area contributed by atoms with Crippen LogP contribution in [-0.4, -0.2) is 47.7 Å². The molecule has 1 fully saturated rings. The van der Waals surface area contributed by atoms with Crippen molar-refractivity contribution in [2.75, 3.05) is 7.11 Å². The highest BCUT2D eigenvalue weighted by Crippen LogP contribution is 2.26. The van der Waals surface area contributed by atoms with E-state index >= 15 is 0 Å². The van der Waals surface area contributed by atoms with Crippen molar-refractivity contribution in [2.24, 2.45) is 0 Å². The number of carbonyl (C=O) groups excluding carboxylic acids is 1. The number of ether oxygens (including phenoxy) is 2. The molecule has 0 bridgehead atoms. The van der Waals surface area contributed by atoms with Gasteiger partial charge in [-0.25, -0.2) is 0 Å². The van der Waals surface area contributed by atoms with Crippen molar-refractivity contribution in [3.8, 4) is 0 Å². The molecule has 0 aromatic rings. The Balaban J connectivity index is 2.20. The average Bonchev–Trinajstić information content (AvgIpc) is 3.01. The maximum absolute atomic E-state index is 11.0. The van der Waals surface area contributed by atoms with Crippen LogP contribution in [-0.2, 0) is 14.3 Å². The van der Waals surface area contributed by atoms with E-state index in [1.165, 1.54) is 26.4 Å². The second-order valence-corrected chi connectivity index (χ2v) is 6.96. The predicted molar refractivity (Wildman–Crippen MR) is 103 cm³/mol. The minimum absolute atomic E-state index is 0.197. The average molecular weight is 369 g/mol. The second kappa shape index (κ2) is 14.0. The first-order chi connectivity index (χ1) is 12.6. The predicted octanol–water partition coefficient (Wildman–Crippen LogP) is 3.68. The number of allylic oxidation sites excluding steroid dienone is 2. The molecule has 1 saturated heterocycles. The van der Waals surface area contributed by atoms with Crippen molar-refractivity contribution >= 4 is 5.97 Å². The van der Waals surface area contributed by atoms with Gasteiger partial charge in [0, 0.05) is 12.8 Å². The summed E-state index contributed by atoms with van der Waals surface area (Å²) in [6, 6.07) is 0. The van der Waals surface area contributed by atoms with Gasteiger partial charge in [-0.15, -0.1) is 0 Å².